The van der Waals surface area contributed by atoms with Crippen molar-refractivity contribution in [2.45, 2.75) is 6.92 Å². The summed E-state index contributed by atoms with van der Waals surface area (Å²) in [6.07, 6.45) is 1.19. The Kier molecular flexibility index (Phi) is 2.32. The molecule has 13 heavy (non-hydrogen) atoms. The first-order chi connectivity index (χ1) is 6.00. The fraction of sp³-hybridized carbons (Fsp3) is 0.286. The molecule has 0 fully saturated rings. The van der Waals surface area contributed by atoms with Gasteiger partial charge in [0, 0.05) is 11.8 Å². The largest absolute Gasteiger partial charge is 0.480 e. The Hall–Kier alpha value is -1.85. The van der Waals surface area contributed by atoms with Gasteiger partial charge < -0.3 is 5.11 Å². The summed E-state index contributed by atoms with van der Waals surface area (Å²) in [7, 11) is 0. The van der Waals surface area contributed by atoms with Crippen molar-refractivity contribution >= 4 is 17.9 Å². The van der Waals surface area contributed by atoms with Crippen LogP contribution in [0.1, 0.15) is 6.92 Å². The van der Waals surface area contributed by atoms with E-state index in [-0.39, 0.29) is 5.57 Å². The normalized spacial score (nSPS) is 16.7. The standard InChI is InChI=1S/C7H7N2O4/c1-4-2-9(3-5(10)11)7(13)8-6(4)12/h2H,3H2,1H3,(H,10,11). The molecule has 0 aromatic heterocycles. The highest BCUT2D eigenvalue weighted by atomic mass is 16.4. The SMILES string of the molecule is CC1=CN(CC(=O)O)C(=O)[N]C1=O. The zero-order valence-corrected chi connectivity index (χ0v) is 6.85. The van der Waals surface area contributed by atoms with Crippen molar-refractivity contribution in [3.8, 4) is 0 Å². The lowest BCUT2D eigenvalue weighted by molar-refractivity contribution is -0.137. The maximum Gasteiger partial charge on any atom is 0.351 e. The van der Waals surface area contributed by atoms with Crippen molar-refractivity contribution in [1.29, 1.82) is 0 Å². The van der Waals surface area contributed by atoms with Crippen LogP contribution in [0.15, 0.2) is 11.8 Å². The summed E-state index contributed by atoms with van der Waals surface area (Å²) in [5, 5.41) is 11.5. The highest BCUT2D eigenvalue weighted by Crippen LogP contribution is 2.06. The smallest absolute Gasteiger partial charge is 0.351 e. The van der Waals surface area contributed by atoms with Gasteiger partial charge in [-0.1, -0.05) is 0 Å². The van der Waals surface area contributed by atoms with Crippen LogP contribution in [0.5, 0.6) is 0 Å². The molecular formula is C7H7N2O4. The number of imide groups is 1. The van der Waals surface area contributed by atoms with Crippen molar-refractivity contribution in [3.63, 3.8) is 0 Å². The van der Waals surface area contributed by atoms with Crippen LogP contribution < -0.4 is 5.32 Å². The van der Waals surface area contributed by atoms with Gasteiger partial charge in [-0.05, 0) is 6.92 Å². The van der Waals surface area contributed by atoms with E-state index in [1.807, 2.05) is 0 Å². The predicted molar refractivity (Wildman–Crippen MR) is 40.6 cm³/mol. The number of carbonyl (C=O) groups excluding carboxylic acids is 2. The summed E-state index contributed by atoms with van der Waals surface area (Å²) in [6.45, 7) is 0.986. The molecular weight excluding hydrogens is 176 g/mol. The topological polar surface area (TPSA) is 88.8 Å². The summed E-state index contributed by atoms with van der Waals surface area (Å²) >= 11 is 0. The van der Waals surface area contributed by atoms with Crippen LogP contribution in [-0.2, 0) is 9.59 Å². The second-order valence-corrected chi connectivity index (χ2v) is 2.53. The van der Waals surface area contributed by atoms with Crippen LogP contribution in [0, 0.1) is 0 Å². The van der Waals surface area contributed by atoms with Gasteiger partial charge in [-0.2, -0.15) is 5.32 Å². The number of hydrogen-bond acceptors (Lipinski definition) is 3. The molecule has 1 radical (unpaired) electrons. The molecule has 6 nitrogen and oxygen atoms in total. The first-order valence-electron chi connectivity index (χ1n) is 3.47. The van der Waals surface area contributed by atoms with Gasteiger partial charge in [0.25, 0.3) is 5.91 Å². The molecule has 69 valence electrons. The first-order valence-corrected chi connectivity index (χ1v) is 3.47. The predicted octanol–water partition coefficient (Wildman–Crippen LogP) is -0.459. The van der Waals surface area contributed by atoms with E-state index in [9.17, 15) is 14.4 Å². The van der Waals surface area contributed by atoms with Gasteiger partial charge in [-0.3, -0.25) is 14.5 Å². The van der Waals surface area contributed by atoms with Gasteiger partial charge in [-0.15, -0.1) is 0 Å². The van der Waals surface area contributed by atoms with Gasteiger partial charge in [0.1, 0.15) is 6.54 Å². The molecule has 0 aromatic rings. The van der Waals surface area contributed by atoms with Crippen molar-refractivity contribution in [2.24, 2.45) is 0 Å². The van der Waals surface area contributed by atoms with Crippen molar-refractivity contribution in [3.05, 3.63) is 11.8 Å². The van der Waals surface area contributed by atoms with E-state index >= 15 is 0 Å². The molecule has 1 heterocycles. The van der Waals surface area contributed by atoms with Gasteiger partial charge in [-0.25, -0.2) is 4.79 Å². The molecule has 3 amide bonds. The number of amides is 3. The Labute approximate surface area is 73.8 Å². The minimum absolute atomic E-state index is 0.251. The minimum atomic E-state index is -1.15. The van der Waals surface area contributed by atoms with Crippen LogP contribution in [-0.4, -0.2) is 34.5 Å². The van der Waals surface area contributed by atoms with Crippen molar-refractivity contribution in [1.82, 2.24) is 10.2 Å². The Bertz CT molecular complexity index is 308. The molecule has 0 atom stereocenters. The molecule has 0 saturated heterocycles. The third kappa shape index (κ3) is 2.05. The second-order valence-electron chi connectivity index (χ2n) is 2.53. The number of carboxylic acid groups (broad SMARTS) is 1. The third-order valence-corrected chi connectivity index (χ3v) is 1.44. The summed E-state index contributed by atoms with van der Waals surface area (Å²) in [6, 6.07) is -0.835. The van der Waals surface area contributed by atoms with Gasteiger partial charge in [0.2, 0.25) is 0 Å². The minimum Gasteiger partial charge on any atom is -0.480 e. The molecule has 0 saturated carbocycles. The van der Waals surface area contributed by atoms with Crippen LogP contribution in [0.2, 0.25) is 0 Å². The van der Waals surface area contributed by atoms with E-state index in [0.717, 1.165) is 4.90 Å². The number of urea groups is 1. The van der Waals surface area contributed by atoms with Crippen LogP contribution in [0.25, 0.3) is 0 Å². The number of carboxylic acids is 1. The van der Waals surface area contributed by atoms with Crippen molar-refractivity contribution in [2.75, 3.05) is 6.54 Å². The average Bonchev–Trinajstić information content (AvgIpc) is 1.99. The molecule has 0 unspecified atom stereocenters. The van der Waals surface area contributed by atoms with E-state index in [2.05, 4.69) is 5.32 Å². The summed E-state index contributed by atoms with van der Waals surface area (Å²) in [5.74, 6) is -1.77. The fourth-order valence-electron chi connectivity index (χ4n) is 0.842. The number of rotatable bonds is 2. The Morgan fingerprint density at radius 1 is 1.62 bits per heavy atom. The lowest BCUT2D eigenvalue weighted by atomic mass is 10.2. The maximum absolute atomic E-state index is 10.9. The molecule has 1 rings (SSSR count). The second kappa shape index (κ2) is 3.26. The molecule has 1 aliphatic rings. The van der Waals surface area contributed by atoms with Crippen molar-refractivity contribution < 1.29 is 19.5 Å². The molecule has 0 bridgehead atoms. The average molecular weight is 183 g/mol. The molecule has 0 spiro atoms. The Balaban J connectivity index is 2.81. The third-order valence-electron chi connectivity index (χ3n) is 1.44. The first kappa shape index (κ1) is 9.24. The molecule has 0 aromatic carbocycles. The molecule has 1 N–H and O–H groups in total. The van der Waals surface area contributed by atoms with Crippen LogP contribution >= 0.6 is 0 Å². The lowest BCUT2D eigenvalue weighted by Gasteiger charge is -2.19. The van der Waals surface area contributed by atoms with Crippen LogP contribution in [0.3, 0.4) is 0 Å². The lowest BCUT2D eigenvalue weighted by Crippen LogP contribution is -2.42. The van der Waals surface area contributed by atoms with E-state index in [0.29, 0.717) is 0 Å². The summed E-state index contributed by atoms with van der Waals surface area (Å²) in [5.41, 5.74) is 0.251. The zero-order chi connectivity index (χ0) is 10.0. The highest BCUT2D eigenvalue weighted by molar-refractivity contribution is 6.06. The summed E-state index contributed by atoms with van der Waals surface area (Å²) in [4.78, 5) is 32.8. The van der Waals surface area contributed by atoms with E-state index < -0.39 is 24.5 Å². The highest BCUT2D eigenvalue weighted by Gasteiger charge is 2.25. The fourth-order valence-corrected chi connectivity index (χ4v) is 0.842. The van der Waals surface area contributed by atoms with Gasteiger partial charge in [0.15, 0.2) is 0 Å². The number of hydrogen-bond donors (Lipinski definition) is 1. The quantitative estimate of drug-likeness (QED) is 0.627. The number of carbonyl (C=O) groups is 3. The molecule has 1 aliphatic heterocycles. The Morgan fingerprint density at radius 2 is 2.23 bits per heavy atom. The maximum atomic E-state index is 10.9. The van der Waals surface area contributed by atoms with Gasteiger partial charge in [0.05, 0.1) is 0 Å². The molecule has 0 aliphatic carbocycles. The van der Waals surface area contributed by atoms with E-state index in [4.69, 9.17) is 5.11 Å². The number of aliphatic carboxylic acids is 1. The van der Waals surface area contributed by atoms with Crippen LogP contribution in [0.4, 0.5) is 4.79 Å². The zero-order valence-electron chi connectivity index (χ0n) is 6.85. The number of nitrogens with zero attached hydrogens (tertiary/aromatic N) is 2. The Morgan fingerprint density at radius 3 is 2.77 bits per heavy atom. The molecule has 6 heteroatoms. The van der Waals surface area contributed by atoms with E-state index in [1.54, 1.807) is 0 Å². The van der Waals surface area contributed by atoms with E-state index in [1.165, 1.54) is 13.1 Å². The summed E-state index contributed by atoms with van der Waals surface area (Å²) < 4.78 is 0. The van der Waals surface area contributed by atoms with Gasteiger partial charge >= 0.3 is 12.0 Å². The monoisotopic (exact) mass is 183 g/mol.